The van der Waals surface area contributed by atoms with Crippen molar-refractivity contribution >= 4 is 5.97 Å². The van der Waals surface area contributed by atoms with Gasteiger partial charge in [-0.25, -0.2) is 4.79 Å². The van der Waals surface area contributed by atoms with Gasteiger partial charge in [-0.2, -0.15) is 0 Å². The summed E-state index contributed by atoms with van der Waals surface area (Å²) in [5.41, 5.74) is 0. The molecule has 0 saturated carbocycles. The number of hydrogen-bond donors (Lipinski definition) is 0. The number of esters is 1. The third kappa shape index (κ3) is 35.2. The lowest BCUT2D eigenvalue weighted by Crippen LogP contribution is -2.01. The van der Waals surface area contributed by atoms with E-state index in [1.54, 1.807) is 0 Å². The second kappa shape index (κ2) is 35.2. The van der Waals surface area contributed by atoms with Crippen molar-refractivity contribution in [1.82, 2.24) is 0 Å². The molecule has 0 bridgehead atoms. The van der Waals surface area contributed by atoms with E-state index in [0.717, 1.165) is 6.42 Å². The highest BCUT2D eigenvalue weighted by atomic mass is 16.5. The first kappa shape index (κ1) is 38.2. The van der Waals surface area contributed by atoms with E-state index in [1.807, 2.05) is 0 Å². The lowest BCUT2D eigenvalue weighted by Gasteiger charge is -2.05. The van der Waals surface area contributed by atoms with Crippen LogP contribution in [-0.4, -0.2) is 12.6 Å². The molecule has 0 aromatic heterocycles. The van der Waals surface area contributed by atoms with Gasteiger partial charge in [0.1, 0.15) is 0 Å². The topological polar surface area (TPSA) is 26.3 Å². The molecule has 0 aromatic carbocycles. The Hall–Kier alpha value is -0.790. The van der Waals surface area contributed by atoms with Crippen LogP contribution in [0.5, 0.6) is 0 Å². The largest absolute Gasteiger partial charge is 0.463 e. The highest BCUT2D eigenvalue weighted by Gasteiger charge is 1.98. The van der Waals surface area contributed by atoms with Crippen molar-refractivity contribution in [3.8, 4) is 0 Å². The van der Waals surface area contributed by atoms with Crippen LogP contribution in [0.15, 0.2) is 12.7 Å². The maximum absolute atomic E-state index is 10.9. The molecule has 0 fully saturated rings. The molecule has 0 spiro atoms. The van der Waals surface area contributed by atoms with E-state index in [2.05, 4.69) is 13.5 Å². The predicted octanol–water partition coefficient (Wildman–Crippen LogP) is 13.2. The van der Waals surface area contributed by atoms with Gasteiger partial charge in [-0.05, 0) is 6.42 Å². The van der Waals surface area contributed by atoms with Crippen LogP contribution in [0.4, 0.5) is 0 Å². The van der Waals surface area contributed by atoms with Crippen molar-refractivity contribution in [1.29, 1.82) is 0 Å². The van der Waals surface area contributed by atoms with Crippen LogP contribution in [0, 0.1) is 0 Å². The Morgan fingerprint density at radius 2 is 0.615 bits per heavy atom. The fourth-order valence-electron chi connectivity index (χ4n) is 5.71. The van der Waals surface area contributed by atoms with Crippen molar-refractivity contribution in [2.24, 2.45) is 0 Å². The quantitative estimate of drug-likeness (QED) is 0.0454. The molecule has 0 heterocycles. The van der Waals surface area contributed by atoms with E-state index in [4.69, 9.17) is 4.74 Å². The van der Waals surface area contributed by atoms with E-state index < -0.39 is 0 Å². The predicted molar refractivity (Wildman–Crippen MR) is 175 cm³/mol. The summed E-state index contributed by atoms with van der Waals surface area (Å²) in [7, 11) is 0. The monoisotopic (exact) mass is 549 g/mol. The Morgan fingerprint density at radius 3 is 0.821 bits per heavy atom. The van der Waals surface area contributed by atoms with Crippen LogP contribution in [0.2, 0.25) is 0 Å². The summed E-state index contributed by atoms with van der Waals surface area (Å²) in [5, 5.41) is 0. The molecule has 0 aromatic rings. The average molecular weight is 549 g/mol. The summed E-state index contributed by atoms with van der Waals surface area (Å²) in [5.74, 6) is -0.296. The molecule has 0 aliphatic heterocycles. The lowest BCUT2D eigenvalue weighted by molar-refractivity contribution is -0.137. The van der Waals surface area contributed by atoms with E-state index in [1.165, 1.54) is 205 Å². The molecule has 39 heavy (non-hydrogen) atoms. The number of unbranched alkanes of at least 4 members (excludes halogenated alkanes) is 31. The van der Waals surface area contributed by atoms with Gasteiger partial charge in [0.25, 0.3) is 0 Å². The first-order valence-corrected chi connectivity index (χ1v) is 18.1. The molecule has 232 valence electrons. The van der Waals surface area contributed by atoms with Crippen molar-refractivity contribution in [2.45, 2.75) is 212 Å². The van der Waals surface area contributed by atoms with Gasteiger partial charge in [0.15, 0.2) is 0 Å². The van der Waals surface area contributed by atoms with Crippen LogP contribution in [-0.2, 0) is 9.53 Å². The Labute approximate surface area is 246 Å². The Balaban J connectivity index is 3.04. The molecule has 0 N–H and O–H groups in total. The molecule has 0 atom stereocenters. The summed E-state index contributed by atoms with van der Waals surface area (Å²) in [6.45, 7) is 6.26. The molecule has 0 rings (SSSR count). The van der Waals surface area contributed by atoms with E-state index in [-0.39, 0.29) is 5.97 Å². The fourth-order valence-corrected chi connectivity index (χ4v) is 5.71. The second-order valence-electron chi connectivity index (χ2n) is 12.3. The lowest BCUT2D eigenvalue weighted by atomic mass is 10.0. The Morgan fingerprint density at radius 1 is 0.410 bits per heavy atom. The van der Waals surface area contributed by atoms with Crippen molar-refractivity contribution in [2.75, 3.05) is 6.61 Å². The van der Waals surface area contributed by atoms with Crippen LogP contribution in [0.3, 0.4) is 0 Å². The zero-order chi connectivity index (χ0) is 28.3. The summed E-state index contributed by atoms with van der Waals surface area (Å²) in [6.07, 6.45) is 46.8. The second-order valence-corrected chi connectivity index (χ2v) is 12.3. The normalized spacial score (nSPS) is 11.2. The molecule has 0 aliphatic carbocycles. The molecular weight excluding hydrogens is 476 g/mol. The van der Waals surface area contributed by atoms with Gasteiger partial charge in [-0.3, -0.25) is 0 Å². The molecule has 2 heteroatoms. The summed E-state index contributed by atoms with van der Waals surface area (Å²) in [6, 6.07) is 0. The van der Waals surface area contributed by atoms with E-state index in [0.29, 0.717) is 6.61 Å². The number of carbonyl (C=O) groups is 1. The molecule has 2 nitrogen and oxygen atoms in total. The smallest absolute Gasteiger partial charge is 0.330 e. The van der Waals surface area contributed by atoms with Gasteiger partial charge in [0.2, 0.25) is 0 Å². The van der Waals surface area contributed by atoms with Crippen LogP contribution in [0.1, 0.15) is 212 Å². The van der Waals surface area contributed by atoms with Crippen LogP contribution >= 0.6 is 0 Å². The SMILES string of the molecule is C=CC(=O)OCCCCCCCCCCCCCCCCCCCCCCCCCCCCCCCCCC. The summed E-state index contributed by atoms with van der Waals surface area (Å²) >= 11 is 0. The van der Waals surface area contributed by atoms with E-state index in [9.17, 15) is 4.79 Å². The van der Waals surface area contributed by atoms with Gasteiger partial charge >= 0.3 is 5.97 Å². The highest BCUT2D eigenvalue weighted by molar-refractivity contribution is 5.81. The summed E-state index contributed by atoms with van der Waals surface area (Å²) < 4.78 is 5.00. The Kier molecular flexibility index (Phi) is 34.5. The Bertz CT molecular complexity index is 472. The van der Waals surface area contributed by atoms with Crippen molar-refractivity contribution < 1.29 is 9.53 Å². The molecule has 0 amide bonds. The molecule has 0 unspecified atom stereocenters. The van der Waals surface area contributed by atoms with Gasteiger partial charge in [-0.15, -0.1) is 0 Å². The number of carbonyl (C=O) groups excluding carboxylic acids is 1. The number of rotatable bonds is 34. The van der Waals surface area contributed by atoms with Crippen LogP contribution in [0.25, 0.3) is 0 Å². The van der Waals surface area contributed by atoms with Gasteiger partial charge in [0, 0.05) is 6.08 Å². The minimum atomic E-state index is -0.296. The fraction of sp³-hybridized carbons (Fsp3) is 0.919. The molecule has 0 saturated heterocycles. The first-order chi connectivity index (χ1) is 19.3. The van der Waals surface area contributed by atoms with Gasteiger partial charge in [0.05, 0.1) is 6.61 Å². The third-order valence-electron chi connectivity index (χ3n) is 8.41. The third-order valence-corrected chi connectivity index (χ3v) is 8.41. The highest BCUT2D eigenvalue weighted by Crippen LogP contribution is 2.16. The first-order valence-electron chi connectivity index (χ1n) is 18.1. The minimum Gasteiger partial charge on any atom is -0.463 e. The maximum atomic E-state index is 10.9. The minimum absolute atomic E-state index is 0.296. The van der Waals surface area contributed by atoms with Gasteiger partial charge < -0.3 is 4.74 Å². The van der Waals surface area contributed by atoms with Crippen molar-refractivity contribution in [3.63, 3.8) is 0 Å². The number of ether oxygens (including phenoxy) is 1. The zero-order valence-electron chi connectivity index (χ0n) is 26.9. The van der Waals surface area contributed by atoms with Crippen molar-refractivity contribution in [3.05, 3.63) is 12.7 Å². The van der Waals surface area contributed by atoms with Crippen LogP contribution < -0.4 is 0 Å². The van der Waals surface area contributed by atoms with E-state index >= 15 is 0 Å². The average Bonchev–Trinajstić information content (AvgIpc) is 2.95. The maximum Gasteiger partial charge on any atom is 0.330 e. The standard InChI is InChI=1S/C37H72O2/c1-3-5-6-7-8-9-10-11-12-13-14-15-16-17-18-19-20-21-22-23-24-25-26-27-28-29-30-31-32-33-34-35-36-39-37(38)4-2/h4H,2-3,5-36H2,1H3. The number of hydrogen-bond acceptors (Lipinski definition) is 2. The molecule has 0 aliphatic rings. The van der Waals surface area contributed by atoms with Gasteiger partial charge in [-0.1, -0.05) is 213 Å². The molecular formula is C37H72O2. The summed E-state index contributed by atoms with van der Waals surface area (Å²) in [4.78, 5) is 10.9. The molecule has 0 radical (unpaired) electrons. The zero-order valence-corrected chi connectivity index (χ0v) is 26.9.